The molecule has 3 rings (SSSR count). The van der Waals surface area contributed by atoms with Gasteiger partial charge in [-0.1, -0.05) is 49.4 Å². The van der Waals surface area contributed by atoms with E-state index < -0.39 is 0 Å². The molecule has 0 saturated heterocycles. The van der Waals surface area contributed by atoms with E-state index in [-0.39, 0.29) is 18.4 Å². The highest BCUT2D eigenvalue weighted by molar-refractivity contribution is 5.94. The first-order chi connectivity index (χ1) is 15.6. The fraction of sp³-hybridized carbons (Fsp3) is 0.231. The minimum Gasteiger partial charge on any atom is -0.493 e. The van der Waals surface area contributed by atoms with Crippen molar-refractivity contribution in [1.82, 2.24) is 0 Å². The van der Waals surface area contributed by atoms with Crippen LogP contribution in [0.2, 0.25) is 0 Å². The summed E-state index contributed by atoms with van der Waals surface area (Å²) in [5.74, 6) is 0.516. The Bertz CT molecular complexity index is 1020. The van der Waals surface area contributed by atoms with E-state index in [1.54, 1.807) is 0 Å². The van der Waals surface area contributed by atoms with Gasteiger partial charge in [-0.3, -0.25) is 9.59 Å². The van der Waals surface area contributed by atoms with Crippen molar-refractivity contribution in [2.24, 2.45) is 0 Å². The quantitative estimate of drug-likeness (QED) is 0.395. The van der Waals surface area contributed by atoms with Crippen LogP contribution < -0.4 is 20.7 Å². The molecule has 0 aliphatic rings. The minimum atomic E-state index is -0.174. The van der Waals surface area contributed by atoms with E-state index in [1.807, 2.05) is 73.7 Å². The van der Waals surface area contributed by atoms with Crippen LogP contribution in [-0.4, -0.2) is 25.0 Å². The highest BCUT2D eigenvalue weighted by Crippen LogP contribution is 2.18. The average molecular weight is 432 g/mol. The lowest BCUT2D eigenvalue weighted by atomic mass is 10.2. The second kappa shape index (κ2) is 12.2. The van der Waals surface area contributed by atoms with Gasteiger partial charge >= 0.3 is 0 Å². The zero-order chi connectivity index (χ0) is 22.6. The van der Waals surface area contributed by atoms with E-state index in [9.17, 15) is 9.59 Å². The van der Waals surface area contributed by atoms with Gasteiger partial charge in [-0.15, -0.1) is 0 Å². The largest absolute Gasteiger partial charge is 0.493 e. The van der Waals surface area contributed by atoms with Crippen LogP contribution in [-0.2, 0) is 16.0 Å². The Morgan fingerprint density at radius 3 is 2.25 bits per heavy atom. The van der Waals surface area contributed by atoms with Crippen molar-refractivity contribution in [2.75, 3.05) is 29.1 Å². The van der Waals surface area contributed by atoms with Gasteiger partial charge in [-0.2, -0.15) is 0 Å². The molecule has 0 aliphatic carbocycles. The number of hydrogen-bond donors (Lipinski definition) is 3. The summed E-state index contributed by atoms with van der Waals surface area (Å²) in [4.78, 5) is 24.1. The lowest BCUT2D eigenvalue weighted by molar-refractivity contribution is -0.116. The molecular weight excluding hydrogens is 402 g/mol. The summed E-state index contributed by atoms with van der Waals surface area (Å²) in [6, 6.07) is 24.8. The van der Waals surface area contributed by atoms with E-state index in [0.717, 1.165) is 18.5 Å². The Labute approximate surface area is 189 Å². The van der Waals surface area contributed by atoms with Gasteiger partial charge in [0.25, 0.3) is 0 Å². The Hall–Kier alpha value is -3.80. The molecule has 6 heteroatoms. The first kappa shape index (κ1) is 22.9. The molecule has 3 N–H and O–H groups in total. The van der Waals surface area contributed by atoms with Gasteiger partial charge in [0.2, 0.25) is 11.8 Å². The number of rotatable bonds is 11. The van der Waals surface area contributed by atoms with E-state index in [1.165, 1.54) is 5.56 Å². The predicted molar refractivity (Wildman–Crippen MR) is 129 cm³/mol. The molecule has 3 aromatic carbocycles. The van der Waals surface area contributed by atoms with Crippen molar-refractivity contribution >= 4 is 28.9 Å². The number of carbonyl (C=O) groups excluding carboxylic acids is 2. The molecule has 0 aromatic heterocycles. The van der Waals surface area contributed by atoms with E-state index in [4.69, 9.17) is 4.74 Å². The molecule has 0 spiro atoms. The molecule has 0 unspecified atom stereocenters. The summed E-state index contributed by atoms with van der Waals surface area (Å²) in [5, 5.41) is 8.81. The molecule has 3 aromatic rings. The van der Waals surface area contributed by atoms with Crippen LogP contribution in [0.15, 0.2) is 78.9 Å². The van der Waals surface area contributed by atoms with Gasteiger partial charge in [0, 0.05) is 36.0 Å². The maximum absolute atomic E-state index is 12.4. The van der Waals surface area contributed by atoms with Crippen LogP contribution in [0.4, 0.5) is 17.1 Å². The van der Waals surface area contributed by atoms with Crippen LogP contribution in [0, 0.1) is 0 Å². The first-order valence-corrected chi connectivity index (χ1v) is 10.8. The van der Waals surface area contributed by atoms with Crippen LogP contribution in [0.25, 0.3) is 0 Å². The molecule has 0 atom stereocenters. The molecule has 166 valence electrons. The normalized spacial score (nSPS) is 10.3. The molecule has 0 heterocycles. The van der Waals surface area contributed by atoms with Crippen LogP contribution in [0.5, 0.6) is 5.75 Å². The van der Waals surface area contributed by atoms with Gasteiger partial charge in [-0.05, 0) is 42.3 Å². The molecule has 0 saturated carbocycles. The molecule has 32 heavy (non-hydrogen) atoms. The zero-order valence-corrected chi connectivity index (χ0v) is 18.3. The summed E-state index contributed by atoms with van der Waals surface area (Å²) in [6.45, 7) is 2.63. The molecule has 0 aliphatic heterocycles. The van der Waals surface area contributed by atoms with Crippen molar-refractivity contribution < 1.29 is 14.3 Å². The molecule has 0 radical (unpaired) electrons. The van der Waals surface area contributed by atoms with Crippen molar-refractivity contribution in [3.8, 4) is 5.75 Å². The minimum absolute atomic E-state index is 0.0201. The SMILES string of the molecule is CCCC(=O)Nc1cccc(NCC(=O)Nc2cccc(OCCc3ccccc3)c2)c1. The molecule has 0 bridgehead atoms. The van der Waals surface area contributed by atoms with Crippen LogP contribution in [0.3, 0.4) is 0 Å². The third-order valence-corrected chi connectivity index (χ3v) is 4.70. The maximum Gasteiger partial charge on any atom is 0.243 e. The van der Waals surface area contributed by atoms with Gasteiger partial charge < -0.3 is 20.7 Å². The Morgan fingerprint density at radius 2 is 1.47 bits per heavy atom. The van der Waals surface area contributed by atoms with E-state index >= 15 is 0 Å². The van der Waals surface area contributed by atoms with Crippen LogP contribution in [0.1, 0.15) is 25.3 Å². The fourth-order valence-electron chi connectivity index (χ4n) is 3.14. The molecule has 2 amide bonds. The number of anilines is 3. The van der Waals surface area contributed by atoms with E-state index in [2.05, 4.69) is 28.1 Å². The Balaban J connectivity index is 1.46. The topological polar surface area (TPSA) is 79.5 Å². The number of ether oxygens (including phenoxy) is 1. The third kappa shape index (κ3) is 7.80. The number of hydrogen-bond acceptors (Lipinski definition) is 4. The fourth-order valence-corrected chi connectivity index (χ4v) is 3.14. The van der Waals surface area contributed by atoms with Gasteiger partial charge in [0.05, 0.1) is 13.2 Å². The van der Waals surface area contributed by atoms with Gasteiger partial charge in [0.1, 0.15) is 5.75 Å². The summed E-state index contributed by atoms with van der Waals surface area (Å²) in [5.41, 5.74) is 3.35. The average Bonchev–Trinajstić information content (AvgIpc) is 2.79. The highest BCUT2D eigenvalue weighted by Gasteiger charge is 2.06. The summed E-state index contributed by atoms with van der Waals surface area (Å²) in [6.07, 6.45) is 2.09. The van der Waals surface area contributed by atoms with Crippen molar-refractivity contribution in [1.29, 1.82) is 0 Å². The lowest BCUT2D eigenvalue weighted by Gasteiger charge is -2.11. The lowest BCUT2D eigenvalue weighted by Crippen LogP contribution is -2.21. The number of nitrogens with one attached hydrogen (secondary N) is 3. The molecule has 6 nitrogen and oxygen atoms in total. The Morgan fingerprint density at radius 1 is 0.781 bits per heavy atom. The smallest absolute Gasteiger partial charge is 0.243 e. The van der Waals surface area contributed by atoms with Gasteiger partial charge in [0.15, 0.2) is 0 Å². The van der Waals surface area contributed by atoms with Crippen molar-refractivity contribution in [3.05, 3.63) is 84.4 Å². The van der Waals surface area contributed by atoms with Crippen LogP contribution >= 0.6 is 0 Å². The number of benzene rings is 3. The second-order valence-corrected chi connectivity index (χ2v) is 7.39. The predicted octanol–water partition coefficient (Wildman–Crippen LogP) is 5.10. The van der Waals surface area contributed by atoms with Gasteiger partial charge in [-0.25, -0.2) is 0 Å². The second-order valence-electron chi connectivity index (χ2n) is 7.39. The monoisotopic (exact) mass is 431 g/mol. The van der Waals surface area contributed by atoms with Crippen molar-refractivity contribution in [2.45, 2.75) is 26.2 Å². The highest BCUT2D eigenvalue weighted by atomic mass is 16.5. The Kier molecular flexibility index (Phi) is 8.69. The molecule has 0 fully saturated rings. The zero-order valence-electron chi connectivity index (χ0n) is 18.3. The van der Waals surface area contributed by atoms with Crippen molar-refractivity contribution in [3.63, 3.8) is 0 Å². The summed E-state index contributed by atoms with van der Waals surface area (Å²) >= 11 is 0. The number of amides is 2. The molecular formula is C26H29N3O3. The summed E-state index contributed by atoms with van der Waals surface area (Å²) < 4.78 is 5.82. The summed E-state index contributed by atoms with van der Waals surface area (Å²) in [7, 11) is 0. The number of carbonyl (C=O) groups is 2. The first-order valence-electron chi connectivity index (χ1n) is 10.8. The maximum atomic E-state index is 12.4. The van der Waals surface area contributed by atoms with E-state index in [0.29, 0.717) is 30.2 Å². The third-order valence-electron chi connectivity index (χ3n) is 4.70. The standard InChI is InChI=1S/C26H29N3O3/c1-2-8-25(30)28-22-12-6-11-21(17-22)27-19-26(31)29-23-13-7-14-24(18-23)32-16-15-20-9-4-3-5-10-20/h3-7,9-14,17-18,27H,2,8,15-16,19H2,1H3,(H,28,30)(H,29,31).